The summed E-state index contributed by atoms with van der Waals surface area (Å²) in [5.41, 5.74) is 1.66. The summed E-state index contributed by atoms with van der Waals surface area (Å²) in [6, 6.07) is 5.36. The van der Waals surface area contributed by atoms with Gasteiger partial charge in [-0.25, -0.2) is 0 Å². The average Bonchev–Trinajstić information content (AvgIpc) is 3.05. The molecule has 6 heteroatoms. The summed E-state index contributed by atoms with van der Waals surface area (Å²) in [5, 5.41) is 2.92. The Bertz CT molecular complexity index is 574. The molecule has 2 heterocycles. The van der Waals surface area contributed by atoms with Crippen molar-refractivity contribution in [3.05, 3.63) is 41.7 Å². The van der Waals surface area contributed by atoms with Crippen LogP contribution in [0.15, 0.2) is 36.0 Å². The number of hydrogen-bond acceptors (Lipinski definition) is 4. The third-order valence-electron chi connectivity index (χ3n) is 3.70. The molecular formula is C17H23N3O2S. The largest absolute Gasteiger partial charge is 0.354 e. The third-order valence-corrected chi connectivity index (χ3v) is 4.71. The number of rotatable bonds is 6. The summed E-state index contributed by atoms with van der Waals surface area (Å²) >= 11 is 1.62. The third kappa shape index (κ3) is 4.82. The quantitative estimate of drug-likeness (QED) is 0.809. The molecule has 0 aliphatic carbocycles. The van der Waals surface area contributed by atoms with E-state index in [2.05, 4.69) is 10.3 Å². The SMILES string of the molecule is CCC=C(C)C(=O)N1CSCC1C(=O)NCCc1ccccn1. The zero-order valence-electron chi connectivity index (χ0n) is 13.6. The first-order chi connectivity index (χ1) is 11.1. The second-order valence-corrected chi connectivity index (χ2v) is 6.45. The molecular weight excluding hydrogens is 310 g/mol. The van der Waals surface area contributed by atoms with Crippen molar-refractivity contribution in [2.24, 2.45) is 0 Å². The molecule has 23 heavy (non-hydrogen) atoms. The summed E-state index contributed by atoms with van der Waals surface area (Å²) in [6.07, 6.45) is 5.16. The van der Waals surface area contributed by atoms with Crippen molar-refractivity contribution in [2.75, 3.05) is 18.2 Å². The lowest BCUT2D eigenvalue weighted by atomic mass is 10.2. The van der Waals surface area contributed by atoms with E-state index in [9.17, 15) is 9.59 Å². The van der Waals surface area contributed by atoms with Crippen LogP contribution in [-0.4, -0.2) is 45.9 Å². The minimum absolute atomic E-state index is 0.0401. The summed E-state index contributed by atoms with van der Waals surface area (Å²) in [7, 11) is 0. The number of amides is 2. The Morgan fingerprint density at radius 1 is 1.48 bits per heavy atom. The standard InChI is InChI=1S/C17H23N3O2S/c1-3-6-13(2)17(22)20-12-23-11-15(20)16(21)19-10-8-14-7-4-5-9-18-14/h4-7,9,15H,3,8,10-12H2,1-2H3,(H,19,21). The van der Waals surface area contributed by atoms with Crippen molar-refractivity contribution in [3.8, 4) is 0 Å². The van der Waals surface area contributed by atoms with Crippen LogP contribution in [0.1, 0.15) is 26.0 Å². The Balaban J connectivity index is 1.88. The number of pyridine rings is 1. The topological polar surface area (TPSA) is 62.3 Å². The molecule has 1 atom stereocenters. The van der Waals surface area contributed by atoms with Gasteiger partial charge in [0.25, 0.3) is 5.91 Å². The van der Waals surface area contributed by atoms with Gasteiger partial charge in [-0.15, -0.1) is 11.8 Å². The number of nitrogens with one attached hydrogen (secondary N) is 1. The second kappa shape index (κ2) is 8.72. The summed E-state index contributed by atoms with van der Waals surface area (Å²) < 4.78 is 0. The van der Waals surface area contributed by atoms with Crippen LogP contribution in [0.5, 0.6) is 0 Å². The number of carbonyl (C=O) groups excluding carboxylic acids is 2. The molecule has 2 rings (SSSR count). The van der Waals surface area contributed by atoms with Gasteiger partial charge in [0, 0.05) is 36.2 Å². The van der Waals surface area contributed by atoms with E-state index in [1.807, 2.05) is 38.1 Å². The summed E-state index contributed by atoms with van der Waals surface area (Å²) in [4.78, 5) is 30.7. The molecule has 1 aromatic heterocycles. The molecule has 0 bridgehead atoms. The first-order valence-corrected chi connectivity index (χ1v) is 9.02. The number of carbonyl (C=O) groups is 2. The van der Waals surface area contributed by atoms with E-state index < -0.39 is 0 Å². The lowest BCUT2D eigenvalue weighted by Crippen LogP contribution is -2.47. The van der Waals surface area contributed by atoms with Crippen molar-refractivity contribution >= 4 is 23.6 Å². The predicted molar refractivity (Wildman–Crippen MR) is 93.0 cm³/mol. The first-order valence-electron chi connectivity index (χ1n) is 7.86. The molecule has 0 radical (unpaired) electrons. The van der Waals surface area contributed by atoms with Gasteiger partial charge >= 0.3 is 0 Å². The van der Waals surface area contributed by atoms with Crippen molar-refractivity contribution < 1.29 is 9.59 Å². The molecule has 124 valence electrons. The fourth-order valence-corrected chi connectivity index (χ4v) is 3.61. The number of hydrogen-bond donors (Lipinski definition) is 1. The second-order valence-electron chi connectivity index (χ2n) is 5.45. The smallest absolute Gasteiger partial charge is 0.250 e. The van der Waals surface area contributed by atoms with E-state index in [0.717, 1.165) is 12.1 Å². The van der Waals surface area contributed by atoms with Crippen LogP contribution in [0.3, 0.4) is 0 Å². The van der Waals surface area contributed by atoms with E-state index in [1.165, 1.54) is 0 Å². The van der Waals surface area contributed by atoms with Gasteiger partial charge in [-0.3, -0.25) is 14.6 Å². The normalized spacial score (nSPS) is 18.1. The molecule has 5 nitrogen and oxygen atoms in total. The molecule has 0 saturated carbocycles. The monoisotopic (exact) mass is 333 g/mol. The predicted octanol–water partition coefficient (Wildman–Crippen LogP) is 2.00. The van der Waals surface area contributed by atoms with Gasteiger partial charge in [0.05, 0.1) is 5.88 Å². The lowest BCUT2D eigenvalue weighted by molar-refractivity contribution is -0.135. The van der Waals surface area contributed by atoms with Crippen molar-refractivity contribution in [1.29, 1.82) is 0 Å². The van der Waals surface area contributed by atoms with Gasteiger partial charge in [-0.2, -0.15) is 0 Å². The molecule has 0 aromatic carbocycles. The van der Waals surface area contributed by atoms with Crippen LogP contribution >= 0.6 is 11.8 Å². The molecule has 1 aliphatic heterocycles. The van der Waals surface area contributed by atoms with Crippen LogP contribution in [0.2, 0.25) is 0 Å². The van der Waals surface area contributed by atoms with Gasteiger partial charge in [0.1, 0.15) is 6.04 Å². The molecule has 1 N–H and O–H groups in total. The lowest BCUT2D eigenvalue weighted by Gasteiger charge is -2.23. The van der Waals surface area contributed by atoms with E-state index in [4.69, 9.17) is 0 Å². The molecule has 2 amide bonds. The molecule has 1 fully saturated rings. The fraction of sp³-hybridized carbons (Fsp3) is 0.471. The van der Waals surface area contributed by atoms with Gasteiger partial charge in [0.15, 0.2) is 0 Å². The van der Waals surface area contributed by atoms with Gasteiger partial charge in [-0.1, -0.05) is 19.1 Å². The van der Waals surface area contributed by atoms with E-state index >= 15 is 0 Å². The number of nitrogens with zero attached hydrogens (tertiary/aromatic N) is 2. The van der Waals surface area contributed by atoms with Gasteiger partial charge < -0.3 is 10.2 Å². The molecule has 1 aromatic rings. The Morgan fingerprint density at radius 2 is 2.30 bits per heavy atom. The van der Waals surface area contributed by atoms with Gasteiger partial charge in [0.2, 0.25) is 5.91 Å². The summed E-state index contributed by atoms with van der Waals surface area (Å²) in [5.74, 6) is 1.11. The highest BCUT2D eigenvalue weighted by molar-refractivity contribution is 7.99. The summed E-state index contributed by atoms with van der Waals surface area (Å²) in [6.45, 7) is 4.34. The van der Waals surface area contributed by atoms with Crippen LogP contribution in [0.4, 0.5) is 0 Å². The van der Waals surface area contributed by atoms with Crippen LogP contribution in [0, 0.1) is 0 Å². The Hall–Kier alpha value is -1.82. The van der Waals surface area contributed by atoms with Crippen molar-refractivity contribution in [2.45, 2.75) is 32.7 Å². The van der Waals surface area contributed by atoms with Crippen molar-refractivity contribution in [1.82, 2.24) is 15.2 Å². The molecule has 1 saturated heterocycles. The zero-order chi connectivity index (χ0) is 16.7. The average molecular weight is 333 g/mol. The van der Waals surface area contributed by atoms with E-state index in [0.29, 0.717) is 30.2 Å². The maximum absolute atomic E-state index is 12.4. The molecule has 0 spiro atoms. The van der Waals surface area contributed by atoms with Gasteiger partial charge in [-0.05, 0) is 25.5 Å². The minimum Gasteiger partial charge on any atom is -0.354 e. The first kappa shape index (κ1) is 17.5. The zero-order valence-corrected chi connectivity index (χ0v) is 14.4. The van der Waals surface area contributed by atoms with Crippen molar-refractivity contribution in [3.63, 3.8) is 0 Å². The molecule has 1 aliphatic rings. The Morgan fingerprint density at radius 3 is 3.00 bits per heavy atom. The van der Waals surface area contributed by atoms with Crippen LogP contribution in [-0.2, 0) is 16.0 Å². The minimum atomic E-state index is -0.378. The highest BCUT2D eigenvalue weighted by Gasteiger charge is 2.34. The number of allylic oxidation sites excluding steroid dienone is 1. The van der Waals surface area contributed by atoms with E-state index in [1.54, 1.807) is 22.9 Å². The van der Waals surface area contributed by atoms with Crippen LogP contribution in [0.25, 0.3) is 0 Å². The highest BCUT2D eigenvalue weighted by atomic mass is 32.2. The fourth-order valence-electron chi connectivity index (χ4n) is 2.46. The van der Waals surface area contributed by atoms with E-state index in [-0.39, 0.29) is 17.9 Å². The number of aromatic nitrogens is 1. The highest BCUT2D eigenvalue weighted by Crippen LogP contribution is 2.23. The maximum atomic E-state index is 12.4. The maximum Gasteiger partial charge on any atom is 0.250 e. The Labute approximate surface area is 141 Å². The van der Waals surface area contributed by atoms with Crippen LogP contribution < -0.4 is 5.32 Å². The molecule has 1 unspecified atom stereocenters. The Kier molecular flexibility index (Phi) is 6.65. The number of thioether (sulfide) groups is 1.